The summed E-state index contributed by atoms with van der Waals surface area (Å²) in [7, 11) is 0. The van der Waals surface area contributed by atoms with E-state index in [9.17, 15) is 14.7 Å². The van der Waals surface area contributed by atoms with Crippen LogP contribution >= 0.6 is 0 Å². The number of carboxylic acids is 1. The average molecular weight is 341 g/mol. The van der Waals surface area contributed by atoms with Gasteiger partial charge < -0.3 is 10.4 Å². The van der Waals surface area contributed by atoms with Crippen molar-refractivity contribution in [2.24, 2.45) is 0 Å². The number of hydrogen-bond donors (Lipinski definition) is 2. The molecule has 2 N–H and O–H groups in total. The summed E-state index contributed by atoms with van der Waals surface area (Å²) in [4.78, 5) is 24.4. The summed E-state index contributed by atoms with van der Waals surface area (Å²) in [5.41, 5.74) is 0.373. The number of amides is 1. The van der Waals surface area contributed by atoms with Crippen LogP contribution in [0.2, 0.25) is 0 Å². The van der Waals surface area contributed by atoms with E-state index in [0.29, 0.717) is 24.9 Å². The molecule has 3 rings (SSSR count). The van der Waals surface area contributed by atoms with Gasteiger partial charge in [-0.25, -0.2) is 4.79 Å². The number of aromatic nitrogens is 2. The van der Waals surface area contributed by atoms with Crippen molar-refractivity contribution in [1.29, 1.82) is 0 Å². The van der Waals surface area contributed by atoms with Crippen molar-refractivity contribution in [1.82, 2.24) is 15.1 Å². The van der Waals surface area contributed by atoms with Gasteiger partial charge in [-0.3, -0.25) is 9.48 Å². The van der Waals surface area contributed by atoms with Crippen molar-refractivity contribution in [2.45, 2.75) is 50.6 Å². The minimum atomic E-state index is -1.14. The number of hydrogen-bond acceptors (Lipinski definition) is 3. The van der Waals surface area contributed by atoms with Crippen molar-refractivity contribution in [3.05, 3.63) is 53.9 Å². The number of carbonyl (C=O) groups excluding carboxylic acids is 1. The van der Waals surface area contributed by atoms with Gasteiger partial charge in [0.25, 0.3) is 5.91 Å². The summed E-state index contributed by atoms with van der Waals surface area (Å²) in [6, 6.07) is 9.08. The van der Waals surface area contributed by atoms with Crippen molar-refractivity contribution in [2.75, 3.05) is 0 Å². The first-order valence-electron chi connectivity index (χ1n) is 8.71. The number of nitrogens with one attached hydrogen (secondary N) is 1. The van der Waals surface area contributed by atoms with Gasteiger partial charge in [-0.2, -0.15) is 5.10 Å². The lowest BCUT2D eigenvalue weighted by molar-refractivity contribution is -0.145. The van der Waals surface area contributed by atoms with Gasteiger partial charge in [0.15, 0.2) is 0 Å². The van der Waals surface area contributed by atoms with E-state index in [4.69, 9.17) is 0 Å². The predicted octanol–water partition coefficient (Wildman–Crippen LogP) is 2.84. The van der Waals surface area contributed by atoms with Gasteiger partial charge in [0.05, 0.1) is 6.54 Å². The predicted molar refractivity (Wildman–Crippen MR) is 93.3 cm³/mol. The molecule has 2 aromatic rings. The van der Waals surface area contributed by atoms with Crippen LogP contribution in [0.3, 0.4) is 0 Å². The lowest BCUT2D eigenvalue weighted by atomic mass is 9.89. The highest BCUT2D eigenvalue weighted by Gasteiger charge is 2.40. The molecule has 0 unspecified atom stereocenters. The fraction of sp³-hybridized carbons (Fsp3) is 0.421. The van der Waals surface area contributed by atoms with Gasteiger partial charge in [0, 0.05) is 18.0 Å². The number of carboxylic acid groups (broad SMARTS) is 1. The second-order valence-corrected chi connectivity index (χ2v) is 6.66. The Morgan fingerprint density at radius 1 is 1.12 bits per heavy atom. The zero-order valence-electron chi connectivity index (χ0n) is 14.1. The van der Waals surface area contributed by atoms with E-state index < -0.39 is 11.5 Å². The minimum Gasteiger partial charge on any atom is -0.480 e. The van der Waals surface area contributed by atoms with Crippen LogP contribution in [0.15, 0.2) is 42.7 Å². The quantitative estimate of drug-likeness (QED) is 0.819. The molecule has 132 valence electrons. The third kappa shape index (κ3) is 4.07. The Morgan fingerprint density at radius 3 is 2.36 bits per heavy atom. The van der Waals surface area contributed by atoms with Crippen molar-refractivity contribution in [3.8, 4) is 0 Å². The van der Waals surface area contributed by atoms with Gasteiger partial charge >= 0.3 is 5.97 Å². The first kappa shape index (κ1) is 17.2. The molecule has 1 aliphatic carbocycles. The molecule has 1 amide bonds. The summed E-state index contributed by atoms with van der Waals surface area (Å²) >= 11 is 0. The van der Waals surface area contributed by atoms with Gasteiger partial charge in [-0.15, -0.1) is 0 Å². The maximum absolute atomic E-state index is 12.6. The minimum absolute atomic E-state index is 0.324. The molecule has 0 atom stereocenters. The number of aliphatic carboxylic acids is 1. The second kappa shape index (κ2) is 7.51. The molecular formula is C19H23N3O3. The van der Waals surface area contributed by atoms with E-state index in [-0.39, 0.29) is 5.91 Å². The topological polar surface area (TPSA) is 84.2 Å². The van der Waals surface area contributed by atoms with E-state index in [1.807, 2.05) is 24.4 Å². The van der Waals surface area contributed by atoms with Crippen molar-refractivity contribution in [3.63, 3.8) is 0 Å². The second-order valence-electron chi connectivity index (χ2n) is 6.66. The molecule has 1 aromatic heterocycles. The van der Waals surface area contributed by atoms with Crippen LogP contribution in [-0.4, -0.2) is 32.3 Å². The molecule has 0 aliphatic heterocycles. The lowest BCUT2D eigenvalue weighted by Crippen LogP contribution is -2.54. The van der Waals surface area contributed by atoms with Crippen LogP contribution in [0.1, 0.15) is 54.4 Å². The monoisotopic (exact) mass is 341 g/mol. The molecule has 0 spiro atoms. The third-order valence-corrected chi connectivity index (χ3v) is 4.84. The summed E-state index contributed by atoms with van der Waals surface area (Å²) in [5.74, 6) is -1.26. The summed E-state index contributed by atoms with van der Waals surface area (Å²) in [6.45, 7) is 0.633. The Hall–Kier alpha value is -2.63. The maximum atomic E-state index is 12.6. The SMILES string of the molecule is O=C(NC1(C(=O)O)CCCCCC1)c1ccc(Cn2cccn2)cc1. The summed E-state index contributed by atoms with van der Waals surface area (Å²) in [6.07, 6.45) is 8.28. The highest BCUT2D eigenvalue weighted by Crippen LogP contribution is 2.28. The van der Waals surface area contributed by atoms with Gasteiger partial charge in [-0.1, -0.05) is 37.8 Å². The molecule has 25 heavy (non-hydrogen) atoms. The first-order chi connectivity index (χ1) is 12.1. The van der Waals surface area contributed by atoms with Crippen LogP contribution in [-0.2, 0) is 11.3 Å². The van der Waals surface area contributed by atoms with E-state index in [2.05, 4.69) is 10.4 Å². The van der Waals surface area contributed by atoms with E-state index in [1.54, 1.807) is 23.0 Å². The number of carbonyl (C=O) groups is 2. The lowest BCUT2D eigenvalue weighted by Gasteiger charge is -2.29. The average Bonchev–Trinajstić information content (AvgIpc) is 2.99. The summed E-state index contributed by atoms with van der Waals surface area (Å²) in [5, 5.41) is 16.6. The van der Waals surface area contributed by atoms with Crippen molar-refractivity contribution < 1.29 is 14.7 Å². The maximum Gasteiger partial charge on any atom is 0.329 e. The number of rotatable bonds is 5. The van der Waals surface area contributed by atoms with Crippen LogP contribution in [0, 0.1) is 0 Å². The molecule has 1 aliphatic rings. The van der Waals surface area contributed by atoms with E-state index >= 15 is 0 Å². The van der Waals surface area contributed by atoms with Crippen LogP contribution in [0.5, 0.6) is 0 Å². The molecule has 0 radical (unpaired) electrons. The first-order valence-corrected chi connectivity index (χ1v) is 8.71. The Bertz CT molecular complexity index is 715. The zero-order valence-corrected chi connectivity index (χ0v) is 14.1. The molecule has 6 nitrogen and oxygen atoms in total. The van der Waals surface area contributed by atoms with Crippen molar-refractivity contribution >= 4 is 11.9 Å². The fourth-order valence-corrected chi connectivity index (χ4v) is 3.36. The van der Waals surface area contributed by atoms with E-state index in [1.165, 1.54) is 0 Å². The van der Waals surface area contributed by atoms with Gasteiger partial charge in [0.1, 0.15) is 5.54 Å². The fourth-order valence-electron chi connectivity index (χ4n) is 3.36. The summed E-state index contributed by atoms with van der Waals surface area (Å²) < 4.78 is 1.81. The Morgan fingerprint density at radius 2 is 1.80 bits per heavy atom. The highest BCUT2D eigenvalue weighted by atomic mass is 16.4. The Kier molecular flexibility index (Phi) is 5.16. The molecule has 0 saturated heterocycles. The molecule has 1 aromatic carbocycles. The Labute approximate surface area is 146 Å². The molecule has 6 heteroatoms. The molecule has 0 bridgehead atoms. The molecule has 1 heterocycles. The smallest absolute Gasteiger partial charge is 0.329 e. The van der Waals surface area contributed by atoms with Gasteiger partial charge in [-0.05, 0) is 36.6 Å². The third-order valence-electron chi connectivity index (χ3n) is 4.84. The van der Waals surface area contributed by atoms with Crippen LogP contribution < -0.4 is 5.32 Å². The zero-order chi connectivity index (χ0) is 17.7. The Balaban J connectivity index is 1.70. The molecule has 1 fully saturated rings. The van der Waals surface area contributed by atoms with Crippen LogP contribution in [0.4, 0.5) is 0 Å². The molecule has 1 saturated carbocycles. The van der Waals surface area contributed by atoms with Crippen LogP contribution in [0.25, 0.3) is 0 Å². The highest BCUT2D eigenvalue weighted by molar-refractivity contribution is 5.97. The molecular weight excluding hydrogens is 318 g/mol. The largest absolute Gasteiger partial charge is 0.480 e. The van der Waals surface area contributed by atoms with E-state index in [0.717, 1.165) is 31.2 Å². The number of nitrogens with zero attached hydrogens (tertiary/aromatic N) is 2. The van der Waals surface area contributed by atoms with Gasteiger partial charge in [0.2, 0.25) is 0 Å². The number of benzene rings is 1. The standard InChI is InChI=1S/C19H23N3O3/c23-17(21-19(18(24)25)10-3-1-2-4-11-19)16-8-6-15(7-9-16)14-22-13-5-12-20-22/h5-9,12-13H,1-4,10-11,14H2,(H,21,23)(H,24,25). The normalized spacial score (nSPS) is 16.8.